The third-order valence-corrected chi connectivity index (χ3v) is 2.48. The summed E-state index contributed by atoms with van der Waals surface area (Å²) in [4.78, 5) is 22.5. The van der Waals surface area contributed by atoms with Crippen molar-refractivity contribution >= 4 is 24.5 Å². The summed E-state index contributed by atoms with van der Waals surface area (Å²) in [6.07, 6.45) is 0.145. The maximum atomic E-state index is 12.7. The number of hydrogen-bond donors (Lipinski definition) is 4. The van der Waals surface area contributed by atoms with Gasteiger partial charge in [0.15, 0.2) is 0 Å². The predicted molar refractivity (Wildman–Crippen MR) is 65.4 cm³/mol. The fourth-order valence-corrected chi connectivity index (χ4v) is 1.58. The Labute approximate surface area is 108 Å². The Kier molecular flexibility index (Phi) is 4.96. The maximum absolute atomic E-state index is 12.7. The molecular formula is C11H12FNO4S. The third kappa shape index (κ3) is 3.63. The molecule has 0 radical (unpaired) electrons. The van der Waals surface area contributed by atoms with Gasteiger partial charge in [0.2, 0.25) is 0 Å². The van der Waals surface area contributed by atoms with Crippen LogP contribution in [0.15, 0.2) is 18.2 Å². The molecule has 1 atom stereocenters. The van der Waals surface area contributed by atoms with Gasteiger partial charge in [-0.1, -0.05) is 0 Å². The van der Waals surface area contributed by atoms with E-state index in [2.05, 4.69) is 17.9 Å². The fraction of sp³-hybridized carbons (Fsp3) is 0.273. The highest BCUT2D eigenvalue weighted by atomic mass is 32.1. The molecule has 0 fully saturated rings. The number of carbonyl (C=O) groups is 2. The van der Waals surface area contributed by atoms with Crippen LogP contribution in [0.2, 0.25) is 0 Å². The largest absolute Gasteiger partial charge is 0.507 e. The van der Waals surface area contributed by atoms with Gasteiger partial charge in [-0.25, -0.2) is 9.18 Å². The molecule has 1 unspecified atom stereocenters. The molecule has 0 bridgehead atoms. The average molecular weight is 273 g/mol. The van der Waals surface area contributed by atoms with Gasteiger partial charge in [0.25, 0.3) is 5.91 Å². The Morgan fingerprint density at radius 3 is 2.61 bits per heavy atom. The van der Waals surface area contributed by atoms with Gasteiger partial charge in [-0.2, -0.15) is 12.6 Å². The van der Waals surface area contributed by atoms with Crippen molar-refractivity contribution in [2.24, 2.45) is 0 Å². The summed E-state index contributed by atoms with van der Waals surface area (Å²) in [5, 5.41) is 20.4. The Bertz CT molecular complexity index is 466. The van der Waals surface area contributed by atoms with Crippen LogP contribution >= 0.6 is 12.6 Å². The minimum atomic E-state index is -1.20. The molecule has 0 heterocycles. The van der Waals surface area contributed by atoms with E-state index in [9.17, 15) is 19.1 Å². The summed E-state index contributed by atoms with van der Waals surface area (Å²) in [6, 6.07) is 1.77. The summed E-state index contributed by atoms with van der Waals surface area (Å²) in [6.45, 7) is 0. The first-order valence-corrected chi connectivity index (χ1v) is 5.72. The molecule has 0 aromatic heterocycles. The molecule has 0 aliphatic heterocycles. The van der Waals surface area contributed by atoms with E-state index >= 15 is 0 Å². The Morgan fingerprint density at radius 1 is 1.44 bits per heavy atom. The number of carboxylic acids is 1. The van der Waals surface area contributed by atoms with E-state index in [1.807, 2.05) is 0 Å². The lowest BCUT2D eigenvalue weighted by Crippen LogP contribution is -2.41. The Hall–Kier alpha value is -1.76. The number of amides is 1. The van der Waals surface area contributed by atoms with Crippen molar-refractivity contribution in [3.05, 3.63) is 29.6 Å². The summed E-state index contributed by atoms with van der Waals surface area (Å²) >= 11 is 3.88. The van der Waals surface area contributed by atoms with Gasteiger partial charge >= 0.3 is 5.97 Å². The van der Waals surface area contributed by atoms with Crippen LogP contribution in [0.4, 0.5) is 4.39 Å². The summed E-state index contributed by atoms with van der Waals surface area (Å²) in [5.41, 5.74) is -0.179. The van der Waals surface area contributed by atoms with Gasteiger partial charge in [-0.3, -0.25) is 4.79 Å². The second kappa shape index (κ2) is 6.25. The lowest BCUT2D eigenvalue weighted by molar-refractivity contribution is -0.139. The summed E-state index contributed by atoms with van der Waals surface area (Å²) in [5.74, 6) is -2.91. The highest BCUT2D eigenvalue weighted by Crippen LogP contribution is 2.18. The number of nitrogens with one attached hydrogen (secondary N) is 1. The smallest absolute Gasteiger partial charge is 0.326 e. The van der Waals surface area contributed by atoms with Gasteiger partial charge in [-0.15, -0.1) is 0 Å². The molecule has 5 nitrogen and oxygen atoms in total. The van der Waals surface area contributed by atoms with E-state index < -0.39 is 29.5 Å². The number of phenols is 1. The second-order valence-corrected chi connectivity index (χ2v) is 3.99. The molecule has 7 heteroatoms. The lowest BCUT2D eigenvalue weighted by Gasteiger charge is -2.13. The van der Waals surface area contributed by atoms with Gasteiger partial charge < -0.3 is 15.5 Å². The van der Waals surface area contributed by atoms with Crippen LogP contribution in [0, 0.1) is 5.82 Å². The molecular weight excluding hydrogens is 261 g/mol. The van der Waals surface area contributed by atoms with Crippen molar-refractivity contribution in [3.8, 4) is 5.75 Å². The first-order chi connectivity index (χ1) is 8.45. The molecule has 1 rings (SSSR count). The van der Waals surface area contributed by atoms with Crippen LogP contribution in [0.3, 0.4) is 0 Å². The zero-order valence-corrected chi connectivity index (χ0v) is 10.2. The third-order valence-electron chi connectivity index (χ3n) is 2.23. The first-order valence-electron chi connectivity index (χ1n) is 5.08. The zero-order valence-electron chi connectivity index (χ0n) is 9.26. The maximum Gasteiger partial charge on any atom is 0.326 e. The van der Waals surface area contributed by atoms with E-state index in [1.165, 1.54) is 0 Å². The van der Waals surface area contributed by atoms with E-state index in [1.54, 1.807) is 0 Å². The van der Waals surface area contributed by atoms with Crippen molar-refractivity contribution in [3.63, 3.8) is 0 Å². The number of aliphatic carboxylic acids is 1. The number of aromatic hydroxyl groups is 1. The van der Waals surface area contributed by atoms with Gasteiger partial charge in [0.1, 0.15) is 17.6 Å². The topological polar surface area (TPSA) is 86.6 Å². The van der Waals surface area contributed by atoms with Gasteiger partial charge in [-0.05, 0) is 24.3 Å². The normalized spacial score (nSPS) is 11.9. The molecule has 0 saturated carbocycles. The van der Waals surface area contributed by atoms with Crippen LogP contribution in [0.25, 0.3) is 0 Å². The number of hydrogen-bond acceptors (Lipinski definition) is 4. The molecule has 98 valence electrons. The van der Waals surface area contributed by atoms with E-state index in [-0.39, 0.29) is 17.7 Å². The van der Waals surface area contributed by atoms with Crippen LogP contribution in [-0.4, -0.2) is 33.9 Å². The number of thiol groups is 1. The molecule has 1 aromatic rings. The van der Waals surface area contributed by atoms with Crippen LogP contribution in [0.1, 0.15) is 16.8 Å². The summed E-state index contributed by atoms with van der Waals surface area (Å²) in [7, 11) is 0. The van der Waals surface area contributed by atoms with Gasteiger partial charge in [0, 0.05) is 6.07 Å². The number of carboxylic acid groups (broad SMARTS) is 1. The fourth-order valence-electron chi connectivity index (χ4n) is 1.32. The minimum Gasteiger partial charge on any atom is -0.507 e. The van der Waals surface area contributed by atoms with Crippen molar-refractivity contribution in [1.82, 2.24) is 5.32 Å². The number of rotatable bonds is 5. The molecule has 18 heavy (non-hydrogen) atoms. The zero-order chi connectivity index (χ0) is 13.7. The van der Waals surface area contributed by atoms with Crippen LogP contribution in [0.5, 0.6) is 5.75 Å². The molecule has 0 aliphatic rings. The van der Waals surface area contributed by atoms with E-state index in [4.69, 9.17) is 5.11 Å². The SMILES string of the molecule is O=C(NC(CCS)C(=O)O)c1ccc(F)cc1O. The summed E-state index contributed by atoms with van der Waals surface area (Å²) < 4.78 is 12.7. The van der Waals surface area contributed by atoms with Crippen LogP contribution in [-0.2, 0) is 4.79 Å². The minimum absolute atomic E-state index is 0.145. The quantitative estimate of drug-likeness (QED) is 0.604. The van der Waals surface area contributed by atoms with Crippen molar-refractivity contribution < 1.29 is 24.2 Å². The number of carbonyl (C=O) groups excluding carboxylic acids is 1. The second-order valence-electron chi connectivity index (χ2n) is 3.54. The average Bonchev–Trinajstić information content (AvgIpc) is 2.27. The van der Waals surface area contributed by atoms with E-state index in [0.29, 0.717) is 0 Å². The number of halogens is 1. The van der Waals surface area contributed by atoms with Crippen LogP contribution < -0.4 is 5.32 Å². The first kappa shape index (κ1) is 14.3. The van der Waals surface area contributed by atoms with Crippen molar-refractivity contribution in [2.75, 3.05) is 5.75 Å². The molecule has 1 amide bonds. The molecule has 0 aliphatic carbocycles. The molecule has 1 aromatic carbocycles. The standard InChI is InChI=1S/C11H12FNO4S/c12-6-1-2-7(9(14)5-6)10(15)13-8(3-4-18)11(16)17/h1-2,5,8,14,18H,3-4H2,(H,13,15)(H,16,17). The van der Waals surface area contributed by atoms with Crippen molar-refractivity contribution in [1.29, 1.82) is 0 Å². The molecule has 0 spiro atoms. The van der Waals surface area contributed by atoms with Gasteiger partial charge in [0.05, 0.1) is 5.56 Å². The highest BCUT2D eigenvalue weighted by molar-refractivity contribution is 7.80. The highest BCUT2D eigenvalue weighted by Gasteiger charge is 2.21. The van der Waals surface area contributed by atoms with Crippen molar-refractivity contribution in [2.45, 2.75) is 12.5 Å². The number of phenolic OH excluding ortho intramolecular Hbond substituents is 1. The predicted octanol–water partition coefficient (Wildman–Crippen LogP) is 1.03. The molecule has 0 saturated heterocycles. The lowest BCUT2D eigenvalue weighted by atomic mass is 10.1. The Morgan fingerprint density at radius 2 is 2.11 bits per heavy atom. The molecule has 3 N–H and O–H groups in total. The number of benzene rings is 1. The Balaban J connectivity index is 2.83. The monoisotopic (exact) mass is 273 g/mol. The van der Waals surface area contributed by atoms with E-state index in [0.717, 1.165) is 18.2 Å².